The number of alkyl halides is 3. The summed E-state index contributed by atoms with van der Waals surface area (Å²) in [4.78, 5) is 35.3. The normalized spacial score (nSPS) is 11.0. The van der Waals surface area contributed by atoms with Crippen molar-refractivity contribution in [2.45, 2.75) is 19.6 Å². The molecular weight excluding hydrogens is 381 g/mol. The highest BCUT2D eigenvalue weighted by Crippen LogP contribution is 2.28. The number of hydrogen-bond acceptors (Lipinski definition) is 5. The highest BCUT2D eigenvalue weighted by Gasteiger charge is 2.31. The van der Waals surface area contributed by atoms with Crippen LogP contribution in [0.5, 0.6) is 5.75 Å². The molecule has 0 aliphatic heterocycles. The van der Waals surface area contributed by atoms with Crippen LogP contribution in [0.15, 0.2) is 41.3 Å². The first-order valence-electron chi connectivity index (χ1n) is 7.98. The van der Waals surface area contributed by atoms with Crippen molar-refractivity contribution < 1.29 is 32.2 Å². The standard InChI is InChI=1S/C18H17F3N2O5/c1-11-3-5-14(27-2)13(7-11)22-15(24)10-28-17(26)9-23-8-12(18(19,20)21)4-6-16(23)25/h3-8H,9-10H2,1-2H3,(H,22,24). The molecule has 2 rings (SSSR count). The van der Waals surface area contributed by atoms with Gasteiger partial charge in [0.2, 0.25) is 0 Å². The van der Waals surface area contributed by atoms with E-state index >= 15 is 0 Å². The summed E-state index contributed by atoms with van der Waals surface area (Å²) in [7, 11) is 1.42. The molecule has 0 bridgehead atoms. The molecule has 0 aliphatic carbocycles. The third kappa shape index (κ3) is 5.60. The quantitative estimate of drug-likeness (QED) is 0.755. The zero-order chi connectivity index (χ0) is 20.9. The lowest BCUT2D eigenvalue weighted by Crippen LogP contribution is -2.28. The number of esters is 1. The Bertz CT molecular complexity index is 938. The van der Waals surface area contributed by atoms with Gasteiger partial charge in [0.1, 0.15) is 12.3 Å². The van der Waals surface area contributed by atoms with E-state index < -0.39 is 42.3 Å². The van der Waals surface area contributed by atoms with Gasteiger partial charge < -0.3 is 19.4 Å². The molecule has 0 aliphatic rings. The summed E-state index contributed by atoms with van der Waals surface area (Å²) in [6.45, 7) is 0.370. The molecule has 0 unspecified atom stereocenters. The number of benzene rings is 1. The van der Waals surface area contributed by atoms with E-state index in [4.69, 9.17) is 9.47 Å². The van der Waals surface area contributed by atoms with Crippen LogP contribution in [0.3, 0.4) is 0 Å². The minimum atomic E-state index is -4.66. The average Bonchev–Trinajstić information content (AvgIpc) is 2.61. The van der Waals surface area contributed by atoms with Gasteiger partial charge in [-0.25, -0.2) is 0 Å². The number of aryl methyl sites for hydroxylation is 1. The first kappa shape index (κ1) is 21.0. The third-order valence-corrected chi connectivity index (χ3v) is 3.60. The maximum absolute atomic E-state index is 12.7. The summed E-state index contributed by atoms with van der Waals surface area (Å²) in [5, 5.41) is 2.50. The molecular formula is C18H17F3N2O5. The van der Waals surface area contributed by atoms with E-state index in [1.165, 1.54) is 7.11 Å². The molecule has 2 aromatic rings. The number of aromatic nitrogens is 1. The Balaban J connectivity index is 1.97. The van der Waals surface area contributed by atoms with Gasteiger partial charge in [0, 0.05) is 12.3 Å². The number of halogens is 3. The van der Waals surface area contributed by atoms with Crippen molar-refractivity contribution in [3.63, 3.8) is 0 Å². The Labute approximate surface area is 157 Å². The molecule has 1 amide bonds. The van der Waals surface area contributed by atoms with Crippen molar-refractivity contribution >= 4 is 17.6 Å². The van der Waals surface area contributed by atoms with Crippen molar-refractivity contribution in [2.75, 3.05) is 19.0 Å². The topological polar surface area (TPSA) is 86.6 Å². The fraction of sp³-hybridized carbons (Fsp3) is 0.278. The number of rotatable bonds is 6. The maximum Gasteiger partial charge on any atom is 0.417 e. The largest absolute Gasteiger partial charge is 0.495 e. The smallest absolute Gasteiger partial charge is 0.417 e. The van der Waals surface area contributed by atoms with Crippen molar-refractivity contribution in [3.05, 3.63) is 58.0 Å². The van der Waals surface area contributed by atoms with E-state index in [0.717, 1.165) is 5.56 Å². The number of ether oxygens (including phenoxy) is 2. The molecule has 10 heteroatoms. The number of carbonyl (C=O) groups excluding carboxylic acids is 2. The number of hydrogen-bond donors (Lipinski definition) is 1. The molecule has 28 heavy (non-hydrogen) atoms. The van der Waals surface area contributed by atoms with E-state index in [-0.39, 0.29) is 0 Å². The molecule has 1 aromatic carbocycles. The Kier molecular flexibility index (Phi) is 6.45. The molecule has 150 valence electrons. The Morgan fingerprint density at radius 3 is 2.54 bits per heavy atom. The van der Waals surface area contributed by atoms with E-state index in [9.17, 15) is 27.6 Å². The average molecular weight is 398 g/mol. The second-order valence-electron chi connectivity index (χ2n) is 5.79. The van der Waals surface area contributed by atoms with E-state index in [1.807, 2.05) is 6.92 Å². The predicted octanol–water partition coefficient (Wildman–Crippen LogP) is 2.37. The minimum Gasteiger partial charge on any atom is -0.495 e. The van der Waals surface area contributed by atoms with Crippen molar-refractivity contribution in [2.24, 2.45) is 0 Å². The van der Waals surface area contributed by atoms with Crippen LogP contribution >= 0.6 is 0 Å². The molecule has 0 atom stereocenters. The maximum atomic E-state index is 12.7. The van der Waals surface area contributed by atoms with Gasteiger partial charge in [0.25, 0.3) is 11.5 Å². The second-order valence-corrected chi connectivity index (χ2v) is 5.79. The Morgan fingerprint density at radius 1 is 1.18 bits per heavy atom. The van der Waals surface area contributed by atoms with Crippen molar-refractivity contribution in [1.29, 1.82) is 0 Å². The van der Waals surface area contributed by atoms with Gasteiger partial charge >= 0.3 is 12.1 Å². The summed E-state index contributed by atoms with van der Waals surface area (Å²) < 4.78 is 48.5. The monoisotopic (exact) mass is 398 g/mol. The van der Waals surface area contributed by atoms with Gasteiger partial charge in [-0.1, -0.05) is 6.07 Å². The fourth-order valence-electron chi connectivity index (χ4n) is 2.26. The highest BCUT2D eigenvalue weighted by atomic mass is 19.4. The fourth-order valence-corrected chi connectivity index (χ4v) is 2.26. The van der Waals surface area contributed by atoms with Crippen LogP contribution in [0, 0.1) is 6.92 Å². The van der Waals surface area contributed by atoms with Gasteiger partial charge in [-0.3, -0.25) is 14.4 Å². The number of amides is 1. The van der Waals surface area contributed by atoms with E-state index in [0.29, 0.717) is 34.3 Å². The molecule has 1 aromatic heterocycles. The summed E-state index contributed by atoms with van der Waals surface area (Å²) in [6.07, 6.45) is -4.15. The number of carbonyl (C=O) groups is 2. The molecule has 0 saturated carbocycles. The lowest BCUT2D eigenvalue weighted by molar-refractivity contribution is -0.148. The summed E-state index contributed by atoms with van der Waals surface area (Å²) in [5.74, 6) is -1.30. The zero-order valence-corrected chi connectivity index (χ0v) is 15.0. The van der Waals surface area contributed by atoms with E-state index in [1.54, 1.807) is 18.2 Å². The summed E-state index contributed by atoms with van der Waals surface area (Å²) in [5.41, 5.74) is -0.655. The second kappa shape index (κ2) is 8.59. The molecule has 0 radical (unpaired) electrons. The van der Waals surface area contributed by atoms with Crippen LogP contribution in [0.25, 0.3) is 0 Å². The molecule has 1 heterocycles. The van der Waals surface area contributed by atoms with Gasteiger partial charge in [0.05, 0.1) is 18.4 Å². The predicted molar refractivity (Wildman–Crippen MR) is 93.0 cm³/mol. The molecule has 0 fully saturated rings. The molecule has 0 spiro atoms. The molecule has 1 N–H and O–H groups in total. The van der Waals surface area contributed by atoms with Gasteiger partial charge in [0.15, 0.2) is 6.61 Å². The van der Waals surface area contributed by atoms with Crippen LogP contribution in [0.4, 0.5) is 18.9 Å². The third-order valence-electron chi connectivity index (χ3n) is 3.60. The first-order valence-corrected chi connectivity index (χ1v) is 7.98. The number of pyridine rings is 1. The van der Waals surface area contributed by atoms with Gasteiger partial charge in [-0.2, -0.15) is 13.2 Å². The first-order chi connectivity index (χ1) is 13.1. The van der Waals surface area contributed by atoms with Gasteiger partial charge in [-0.05, 0) is 30.7 Å². The summed E-state index contributed by atoms with van der Waals surface area (Å²) in [6, 6.07) is 6.40. The van der Waals surface area contributed by atoms with Crippen LogP contribution < -0.4 is 15.6 Å². The zero-order valence-electron chi connectivity index (χ0n) is 15.0. The lowest BCUT2D eigenvalue weighted by Gasteiger charge is -2.12. The minimum absolute atomic E-state index is 0.373. The SMILES string of the molecule is COc1ccc(C)cc1NC(=O)COC(=O)Cn1cc(C(F)(F)F)ccc1=O. The molecule has 7 nitrogen and oxygen atoms in total. The van der Waals surface area contributed by atoms with E-state index in [2.05, 4.69) is 5.32 Å². The number of nitrogens with zero attached hydrogens (tertiary/aromatic N) is 1. The van der Waals surface area contributed by atoms with Gasteiger partial charge in [-0.15, -0.1) is 0 Å². The summed E-state index contributed by atoms with van der Waals surface area (Å²) >= 11 is 0. The van der Waals surface area contributed by atoms with Crippen LogP contribution in [0.1, 0.15) is 11.1 Å². The number of methoxy groups -OCH3 is 1. The van der Waals surface area contributed by atoms with Crippen molar-refractivity contribution in [1.82, 2.24) is 4.57 Å². The van der Waals surface area contributed by atoms with Crippen LogP contribution in [-0.2, 0) is 27.0 Å². The van der Waals surface area contributed by atoms with Crippen LogP contribution in [0.2, 0.25) is 0 Å². The highest BCUT2D eigenvalue weighted by molar-refractivity contribution is 5.94. The lowest BCUT2D eigenvalue weighted by atomic mass is 10.2. The molecule has 0 saturated heterocycles. The Hall–Kier alpha value is -3.30. The Morgan fingerprint density at radius 2 is 1.89 bits per heavy atom. The number of anilines is 1. The number of nitrogens with one attached hydrogen (secondary N) is 1. The van der Waals surface area contributed by atoms with Crippen LogP contribution in [-0.4, -0.2) is 30.2 Å². The van der Waals surface area contributed by atoms with Crippen molar-refractivity contribution in [3.8, 4) is 5.75 Å².